The summed E-state index contributed by atoms with van der Waals surface area (Å²) in [6, 6.07) is 20.4. The van der Waals surface area contributed by atoms with Crippen LogP contribution >= 0.6 is 23.8 Å². The summed E-state index contributed by atoms with van der Waals surface area (Å²) in [5, 5.41) is 4.97. The van der Waals surface area contributed by atoms with Crippen molar-refractivity contribution in [3.05, 3.63) is 101 Å². The Morgan fingerprint density at radius 2 is 1.77 bits per heavy atom. The van der Waals surface area contributed by atoms with Crippen molar-refractivity contribution in [2.75, 3.05) is 22.9 Å². The minimum atomic E-state index is -0.154. The van der Waals surface area contributed by atoms with Crippen molar-refractivity contribution < 1.29 is 0 Å². The zero-order valence-corrected chi connectivity index (χ0v) is 24.0. The molecule has 0 aliphatic carbocycles. The average molecular weight is 557 g/mol. The molecule has 1 aromatic carbocycles. The Labute approximate surface area is 240 Å². The SMILES string of the molecule is Cc1ccc([C@@H]2[C@H](c3ccccn3)NC(=S)N2c2ccc(N3C[C@H](C)C[C@@H](C)C3)c(Cl)c2)n1-c1cccnc1. The fraction of sp³-hybridized carbons (Fsp3) is 0.323. The molecule has 200 valence electrons. The second-order valence-corrected chi connectivity index (χ2v) is 11.7. The predicted octanol–water partition coefficient (Wildman–Crippen LogP) is 6.89. The molecule has 0 saturated carbocycles. The van der Waals surface area contributed by atoms with Crippen molar-refractivity contribution in [2.24, 2.45) is 11.8 Å². The molecule has 1 N–H and O–H groups in total. The van der Waals surface area contributed by atoms with Crippen molar-refractivity contribution in [3.8, 4) is 5.69 Å². The number of hydrogen-bond acceptors (Lipinski definition) is 4. The summed E-state index contributed by atoms with van der Waals surface area (Å²) in [4.78, 5) is 13.7. The van der Waals surface area contributed by atoms with Crippen LogP contribution in [0.25, 0.3) is 5.69 Å². The summed E-state index contributed by atoms with van der Waals surface area (Å²) in [6.45, 7) is 8.80. The fourth-order valence-electron chi connectivity index (χ4n) is 6.32. The lowest BCUT2D eigenvalue weighted by Gasteiger charge is -2.37. The number of rotatable bonds is 5. The van der Waals surface area contributed by atoms with Gasteiger partial charge in [-0.3, -0.25) is 9.97 Å². The number of nitrogens with zero attached hydrogens (tertiary/aromatic N) is 5. The third-order valence-electron chi connectivity index (χ3n) is 7.83. The highest BCUT2D eigenvalue weighted by Gasteiger charge is 2.42. The smallest absolute Gasteiger partial charge is 0.174 e. The van der Waals surface area contributed by atoms with Crippen molar-refractivity contribution in [2.45, 2.75) is 39.3 Å². The molecular weight excluding hydrogens is 524 g/mol. The molecule has 4 aromatic rings. The Morgan fingerprint density at radius 3 is 2.46 bits per heavy atom. The van der Waals surface area contributed by atoms with E-state index in [9.17, 15) is 0 Å². The van der Waals surface area contributed by atoms with Crippen LogP contribution < -0.4 is 15.1 Å². The summed E-state index contributed by atoms with van der Waals surface area (Å²) in [5.74, 6) is 1.29. The topological polar surface area (TPSA) is 49.2 Å². The van der Waals surface area contributed by atoms with Crippen LogP contribution in [0.15, 0.2) is 79.3 Å². The number of aryl methyl sites for hydroxylation is 1. The van der Waals surface area contributed by atoms with Gasteiger partial charge in [-0.2, -0.15) is 0 Å². The van der Waals surface area contributed by atoms with Gasteiger partial charge < -0.3 is 19.7 Å². The van der Waals surface area contributed by atoms with Crippen LogP contribution in [0.1, 0.15) is 49.4 Å². The van der Waals surface area contributed by atoms with E-state index in [1.54, 1.807) is 6.20 Å². The molecule has 39 heavy (non-hydrogen) atoms. The summed E-state index contributed by atoms with van der Waals surface area (Å²) in [6.07, 6.45) is 6.78. The maximum Gasteiger partial charge on any atom is 0.174 e. The number of anilines is 2. The Balaban J connectivity index is 1.44. The molecule has 0 radical (unpaired) electrons. The van der Waals surface area contributed by atoms with E-state index in [1.165, 1.54) is 6.42 Å². The van der Waals surface area contributed by atoms with Gasteiger partial charge in [-0.15, -0.1) is 0 Å². The van der Waals surface area contributed by atoms with Crippen molar-refractivity contribution >= 4 is 40.3 Å². The van der Waals surface area contributed by atoms with Gasteiger partial charge in [-0.1, -0.05) is 31.5 Å². The first kappa shape index (κ1) is 25.8. The Morgan fingerprint density at radius 1 is 0.949 bits per heavy atom. The molecule has 8 heteroatoms. The average Bonchev–Trinajstić information content (AvgIpc) is 3.48. The molecule has 2 aliphatic rings. The number of nitrogens with one attached hydrogen (secondary N) is 1. The quantitative estimate of drug-likeness (QED) is 0.270. The number of benzene rings is 1. The second-order valence-electron chi connectivity index (χ2n) is 10.9. The van der Waals surface area contributed by atoms with Crippen LogP contribution in [-0.2, 0) is 0 Å². The molecule has 0 amide bonds. The van der Waals surface area contributed by atoms with Gasteiger partial charge in [0.2, 0.25) is 0 Å². The maximum atomic E-state index is 7.00. The molecule has 6 rings (SSSR count). The van der Waals surface area contributed by atoms with Crippen molar-refractivity contribution in [1.29, 1.82) is 0 Å². The highest BCUT2D eigenvalue weighted by molar-refractivity contribution is 7.80. The number of aromatic nitrogens is 3. The largest absolute Gasteiger partial charge is 0.370 e. The van der Waals surface area contributed by atoms with Gasteiger partial charge in [0.25, 0.3) is 0 Å². The van der Waals surface area contributed by atoms with Gasteiger partial charge in [0.15, 0.2) is 5.11 Å². The van der Waals surface area contributed by atoms with E-state index >= 15 is 0 Å². The third kappa shape index (κ3) is 4.90. The number of pyridine rings is 2. The summed E-state index contributed by atoms with van der Waals surface area (Å²) >= 11 is 13.0. The standard InChI is InChI=1S/C31H33ClN6S/c1-20-15-21(2)19-36(18-20)27-12-10-23(16-25(27)32)38-30(29(35-31(38)39)26-8-4-5-14-34-26)28-11-9-22(3)37(28)24-7-6-13-33-17-24/h4-14,16-17,20-21,29-30H,15,18-19H2,1-3H3,(H,35,39)/t20-,21-,29+,30-/m1/s1. The zero-order chi connectivity index (χ0) is 27.1. The fourth-order valence-corrected chi connectivity index (χ4v) is 6.96. The molecule has 4 atom stereocenters. The summed E-state index contributed by atoms with van der Waals surface area (Å²) in [7, 11) is 0. The zero-order valence-electron chi connectivity index (χ0n) is 22.5. The van der Waals surface area contributed by atoms with E-state index in [2.05, 4.69) is 87.9 Å². The van der Waals surface area contributed by atoms with E-state index in [4.69, 9.17) is 28.8 Å². The van der Waals surface area contributed by atoms with Gasteiger partial charge in [-0.05, 0) is 92.0 Å². The van der Waals surface area contributed by atoms with Gasteiger partial charge in [0, 0.05) is 42.6 Å². The van der Waals surface area contributed by atoms with Crippen LogP contribution in [-0.4, -0.2) is 32.7 Å². The van der Waals surface area contributed by atoms with E-state index in [1.807, 2.05) is 30.6 Å². The Hall–Kier alpha value is -3.42. The summed E-state index contributed by atoms with van der Waals surface area (Å²) in [5.41, 5.74) is 6.21. The van der Waals surface area contributed by atoms with Crippen LogP contribution in [0.2, 0.25) is 5.02 Å². The van der Waals surface area contributed by atoms with E-state index in [-0.39, 0.29) is 12.1 Å². The van der Waals surface area contributed by atoms with E-state index in [0.717, 1.165) is 52.3 Å². The monoisotopic (exact) mass is 556 g/mol. The molecule has 3 aromatic heterocycles. The lowest BCUT2D eigenvalue weighted by atomic mass is 9.91. The van der Waals surface area contributed by atoms with Crippen LogP contribution in [0.4, 0.5) is 11.4 Å². The third-order valence-corrected chi connectivity index (χ3v) is 8.45. The first-order valence-electron chi connectivity index (χ1n) is 13.5. The van der Waals surface area contributed by atoms with Crippen molar-refractivity contribution in [3.63, 3.8) is 0 Å². The number of halogens is 1. The van der Waals surface area contributed by atoms with Gasteiger partial charge >= 0.3 is 0 Å². The van der Waals surface area contributed by atoms with E-state index in [0.29, 0.717) is 16.9 Å². The molecule has 2 aliphatic heterocycles. The molecule has 0 bridgehead atoms. The van der Waals surface area contributed by atoms with Gasteiger partial charge in [-0.25, -0.2) is 0 Å². The molecule has 2 saturated heterocycles. The molecule has 0 unspecified atom stereocenters. The summed E-state index contributed by atoms with van der Waals surface area (Å²) < 4.78 is 2.25. The van der Waals surface area contributed by atoms with Crippen LogP contribution in [0, 0.1) is 18.8 Å². The first-order valence-corrected chi connectivity index (χ1v) is 14.3. The molecular formula is C31H33ClN6S. The first-order chi connectivity index (χ1) is 18.9. The highest BCUT2D eigenvalue weighted by atomic mass is 35.5. The van der Waals surface area contributed by atoms with Crippen molar-refractivity contribution in [1.82, 2.24) is 19.9 Å². The van der Waals surface area contributed by atoms with Crippen LogP contribution in [0.5, 0.6) is 0 Å². The highest BCUT2D eigenvalue weighted by Crippen LogP contribution is 2.44. The van der Waals surface area contributed by atoms with Crippen LogP contribution in [0.3, 0.4) is 0 Å². The molecule has 5 heterocycles. The molecule has 2 fully saturated rings. The number of hydrogen-bond donors (Lipinski definition) is 1. The van der Waals surface area contributed by atoms with E-state index < -0.39 is 0 Å². The normalized spacial score (nSPS) is 23.2. The molecule has 6 nitrogen and oxygen atoms in total. The predicted molar refractivity (Wildman–Crippen MR) is 163 cm³/mol. The minimum Gasteiger partial charge on any atom is -0.370 e. The lowest BCUT2D eigenvalue weighted by molar-refractivity contribution is 0.357. The second kappa shape index (κ2) is 10.6. The van der Waals surface area contributed by atoms with Gasteiger partial charge in [0.05, 0.1) is 34.3 Å². The number of thiocarbonyl (C=S) groups is 1. The Kier molecular flexibility index (Phi) is 7.04. The van der Waals surface area contributed by atoms with Gasteiger partial charge in [0.1, 0.15) is 6.04 Å². The Bertz CT molecular complexity index is 1460. The minimum absolute atomic E-state index is 0.148. The maximum absolute atomic E-state index is 7.00. The molecule has 0 spiro atoms. The number of piperidine rings is 1. The lowest BCUT2D eigenvalue weighted by Crippen LogP contribution is -2.38.